The van der Waals surface area contributed by atoms with Crippen molar-refractivity contribution in [2.75, 3.05) is 33.9 Å². The van der Waals surface area contributed by atoms with Crippen molar-refractivity contribution < 1.29 is 9.47 Å². The Morgan fingerprint density at radius 3 is 2.12 bits per heavy atom. The SMILES string of the molecule is CCCC(C)C(CN)N1CC(OC)C(OC)C1. The van der Waals surface area contributed by atoms with E-state index in [-0.39, 0.29) is 12.2 Å². The van der Waals surface area contributed by atoms with Gasteiger partial charge in [-0.3, -0.25) is 4.90 Å². The van der Waals surface area contributed by atoms with Gasteiger partial charge in [0.2, 0.25) is 0 Å². The van der Waals surface area contributed by atoms with Gasteiger partial charge in [-0.25, -0.2) is 0 Å². The Morgan fingerprint density at radius 2 is 1.76 bits per heavy atom. The fraction of sp³-hybridized carbons (Fsp3) is 1.00. The normalized spacial score (nSPS) is 29.5. The van der Waals surface area contributed by atoms with Crippen LogP contribution in [0.15, 0.2) is 0 Å². The molecule has 1 aliphatic heterocycles. The van der Waals surface area contributed by atoms with E-state index < -0.39 is 0 Å². The first kappa shape index (κ1) is 14.9. The molecule has 0 aliphatic carbocycles. The van der Waals surface area contributed by atoms with Crippen molar-refractivity contribution in [2.45, 2.75) is 44.9 Å². The lowest BCUT2D eigenvalue weighted by Gasteiger charge is -2.31. The molecule has 0 saturated carbocycles. The van der Waals surface area contributed by atoms with Gasteiger partial charge in [0, 0.05) is 39.9 Å². The fourth-order valence-corrected chi connectivity index (χ4v) is 2.88. The molecule has 0 aromatic rings. The van der Waals surface area contributed by atoms with Gasteiger partial charge in [0.15, 0.2) is 0 Å². The lowest BCUT2D eigenvalue weighted by Crippen LogP contribution is -2.44. The molecule has 0 aromatic carbocycles. The lowest BCUT2D eigenvalue weighted by molar-refractivity contribution is -0.00461. The number of likely N-dealkylation sites (tertiary alicyclic amines) is 1. The van der Waals surface area contributed by atoms with Crippen LogP contribution < -0.4 is 5.73 Å². The van der Waals surface area contributed by atoms with Gasteiger partial charge in [-0.15, -0.1) is 0 Å². The van der Waals surface area contributed by atoms with Gasteiger partial charge in [-0.1, -0.05) is 20.3 Å². The van der Waals surface area contributed by atoms with E-state index in [1.165, 1.54) is 12.8 Å². The van der Waals surface area contributed by atoms with Crippen molar-refractivity contribution >= 4 is 0 Å². The summed E-state index contributed by atoms with van der Waals surface area (Å²) in [5, 5.41) is 0. The van der Waals surface area contributed by atoms with Crippen LogP contribution in [-0.2, 0) is 9.47 Å². The van der Waals surface area contributed by atoms with Crippen molar-refractivity contribution in [1.82, 2.24) is 4.90 Å². The Balaban J connectivity index is 2.59. The van der Waals surface area contributed by atoms with Gasteiger partial charge < -0.3 is 15.2 Å². The topological polar surface area (TPSA) is 47.7 Å². The zero-order valence-electron chi connectivity index (χ0n) is 11.7. The molecule has 4 nitrogen and oxygen atoms in total. The number of hydrogen-bond donors (Lipinski definition) is 1. The number of ether oxygens (including phenoxy) is 2. The molecule has 0 radical (unpaired) electrons. The van der Waals surface area contributed by atoms with Crippen LogP contribution in [0.2, 0.25) is 0 Å². The molecule has 17 heavy (non-hydrogen) atoms. The van der Waals surface area contributed by atoms with Gasteiger partial charge in [0.1, 0.15) is 0 Å². The van der Waals surface area contributed by atoms with Crippen molar-refractivity contribution in [1.29, 1.82) is 0 Å². The number of methoxy groups -OCH3 is 2. The third-order valence-electron chi connectivity index (χ3n) is 3.96. The first-order chi connectivity index (χ1) is 8.17. The van der Waals surface area contributed by atoms with Crippen LogP contribution in [0.25, 0.3) is 0 Å². The number of nitrogens with zero attached hydrogens (tertiary/aromatic N) is 1. The molecule has 4 unspecified atom stereocenters. The molecule has 0 bridgehead atoms. The molecule has 4 atom stereocenters. The van der Waals surface area contributed by atoms with Gasteiger partial charge >= 0.3 is 0 Å². The summed E-state index contributed by atoms with van der Waals surface area (Å²) >= 11 is 0. The summed E-state index contributed by atoms with van der Waals surface area (Å²) in [6, 6.07) is 0.452. The van der Waals surface area contributed by atoms with Crippen LogP contribution in [0, 0.1) is 5.92 Å². The van der Waals surface area contributed by atoms with Crippen molar-refractivity contribution in [3.05, 3.63) is 0 Å². The van der Waals surface area contributed by atoms with Crippen LogP contribution in [0.5, 0.6) is 0 Å². The van der Waals surface area contributed by atoms with Gasteiger partial charge in [0.05, 0.1) is 12.2 Å². The molecule has 4 heteroatoms. The van der Waals surface area contributed by atoms with E-state index in [9.17, 15) is 0 Å². The Kier molecular flexibility index (Phi) is 6.41. The predicted molar refractivity (Wildman–Crippen MR) is 70.1 cm³/mol. The Hall–Kier alpha value is -0.160. The minimum absolute atomic E-state index is 0.183. The smallest absolute Gasteiger partial charge is 0.0971 e. The summed E-state index contributed by atoms with van der Waals surface area (Å²) in [6.07, 6.45) is 2.81. The molecule has 1 saturated heterocycles. The van der Waals surface area contributed by atoms with E-state index in [0.717, 1.165) is 13.1 Å². The predicted octanol–water partition coefficient (Wildman–Crippen LogP) is 1.10. The lowest BCUT2D eigenvalue weighted by atomic mass is 9.96. The molecular formula is C13H28N2O2. The second-order valence-electron chi connectivity index (χ2n) is 5.07. The first-order valence-corrected chi connectivity index (χ1v) is 6.67. The molecular weight excluding hydrogens is 216 g/mol. The van der Waals surface area contributed by atoms with Crippen molar-refractivity contribution in [3.8, 4) is 0 Å². The van der Waals surface area contributed by atoms with Gasteiger partial charge in [0.25, 0.3) is 0 Å². The maximum atomic E-state index is 5.93. The summed E-state index contributed by atoms with van der Waals surface area (Å²) in [6.45, 7) is 7.11. The molecule has 1 heterocycles. The van der Waals surface area contributed by atoms with Crippen LogP contribution >= 0.6 is 0 Å². The molecule has 1 aliphatic rings. The molecule has 1 fully saturated rings. The summed E-state index contributed by atoms with van der Waals surface area (Å²) < 4.78 is 10.9. The van der Waals surface area contributed by atoms with Crippen LogP contribution in [-0.4, -0.2) is 57.0 Å². The van der Waals surface area contributed by atoms with E-state index in [1.54, 1.807) is 14.2 Å². The summed E-state index contributed by atoms with van der Waals surface area (Å²) in [4.78, 5) is 2.43. The highest BCUT2D eigenvalue weighted by Crippen LogP contribution is 2.23. The van der Waals surface area contributed by atoms with Crippen molar-refractivity contribution in [3.63, 3.8) is 0 Å². The van der Waals surface area contributed by atoms with Crippen LogP contribution in [0.3, 0.4) is 0 Å². The van der Waals surface area contributed by atoms with E-state index in [2.05, 4.69) is 18.7 Å². The van der Waals surface area contributed by atoms with Crippen molar-refractivity contribution in [2.24, 2.45) is 11.7 Å². The number of rotatable bonds is 7. The van der Waals surface area contributed by atoms with E-state index >= 15 is 0 Å². The standard InChI is InChI=1S/C13H28N2O2/c1-5-6-10(2)11(7-14)15-8-12(16-3)13(9-15)17-4/h10-13H,5-9,14H2,1-4H3. The minimum Gasteiger partial charge on any atom is -0.377 e. The zero-order chi connectivity index (χ0) is 12.8. The Morgan fingerprint density at radius 1 is 1.24 bits per heavy atom. The summed E-state index contributed by atoms with van der Waals surface area (Å²) in [5.74, 6) is 0.637. The third-order valence-corrected chi connectivity index (χ3v) is 3.96. The average Bonchev–Trinajstić information content (AvgIpc) is 2.73. The molecule has 0 aromatic heterocycles. The second-order valence-corrected chi connectivity index (χ2v) is 5.07. The largest absolute Gasteiger partial charge is 0.377 e. The highest BCUT2D eigenvalue weighted by atomic mass is 16.5. The zero-order valence-corrected chi connectivity index (χ0v) is 11.7. The Bertz CT molecular complexity index is 202. The molecule has 0 spiro atoms. The van der Waals surface area contributed by atoms with Gasteiger partial charge in [-0.2, -0.15) is 0 Å². The van der Waals surface area contributed by atoms with Gasteiger partial charge in [-0.05, 0) is 12.3 Å². The van der Waals surface area contributed by atoms with E-state index in [4.69, 9.17) is 15.2 Å². The fourth-order valence-electron chi connectivity index (χ4n) is 2.88. The number of nitrogens with two attached hydrogens (primary N) is 1. The van der Waals surface area contributed by atoms with Crippen LogP contribution in [0.4, 0.5) is 0 Å². The number of hydrogen-bond acceptors (Lipinski definition) is 4. The highest BCUT2D eigenvalue weighted by molar-refractivity contribution is 4.91. The molecule has 1 rings (SSSR count). The Labute approximate surface area is 105 Å². The van der Waals surface area contributed by atoms with E-state index in [0.29, 0.717) is 18.5 Å². The van der Waals surface area contributed by atoms with Crippen LogP contribution in [0.1, 0.15) is 26.7 Å². The highest BCUT2D eigenvalue weighted by Gasteiger charge is 2.37. The first-order valence-electron chi connectivity index (χ1n) is 6.67. The maximum Gasteiger partial charge on any atom is 0.0971 e. The van der Waals surface area contributed by atoms with E-state index in [1.807, 2.05) is 0 Å². The second kappa shape index (κ2) is 7.31. The molecule has 2 N–H and O–H groups in total. The summed E-state index contributed by atoms with van der Waals surface area (Å²) in [5.41, 5.74) is 5.93. The maximum absolute atomic E-state index is 5.93. The summed E-state index contributed by atoms with van der Waals surface area (Å²) in [7, 11) is 3.51. The quantitative estimate of drug-likeness (QED) is 0.728. The average molecular weight is 244 g/mol. The minimum atomic E-state index is 0.183. The third kappa shape index (κ3) is 3.65. The monoisotopic (exact) mass is 244 g/mol. The molecule has 0 amide bonds. The molecule has 102 valence electrons.